The lowest BCUT2D eigenvalue weighted by Crippen LogP contribution is -2.21. The molecule has 0 atom stereocenters. The fourth-order valence-corrected chi connectivity index (χ4v) is 5.63. The predicted octanol–water partition coefficient (Wildman–Crippen LogP) is 7.98. The standard InChI is InChI=1S/C38H44O6/c1-4-6-23-42-33-18-16-32(17-19-33)36-25-28(8-7-24-43-38(41)27(3)26-39)9-22-35(36)31-12-10-29(11-13-31)30-14-20-34(21-15-30)44-37(40)5-2/h5,9-15,20-22,25,32-33,39H,2-4,6-8,16-19,23-24,26H2,1H3. The van der Waals surface area contributed by atoms with E-state index >= 15 is 0 Å². The van der Waals surface area contributed by atoms with Gasteiger partial charge in [-0.2, -0.15) is 0 Å². The molecule has 0 radical (unpaired) electrons. The van der Waals surface area contributed by atoms with E-state index in [0.29, 0.717) is 24.2 Å². The highest BCUT2D eigenvalue weighted by molar-refractivity contribution is 5.87. The fourth-order valence-electron chi connectivity index (χ4n) is 5.63. The van der Waals surface area contributed by atoms with Crippen LogP contribution in [-0.4, -0.2) is 43.0 Å². The number of aryl methyl sites for hydroxylation is 1. The van der Waals surface area contributed by atoms with Crippen molar-refractivity contribution in [1.82, 2.24) is 0 Å². The Bertz CT molecular complexity index is 1400. The van der Waals surface area contributed by atoms with Gasteiger partial charge in [-0.25, -0.2) is 9.59 Å². The summed E-state index contributed by atoms with van der Waals surface area (Å²) in [6.07, 6.45) is 9.56. The number of hydrogen-bond donors (Lipinski definition) is 1. The molecule has 0 aromatic heterocycles. The summed E-state index contributed by atoms with van der Waals surface area (Å²) in [4.78, 5) is 23.3. The number of benzene rings is 3. The van der Waals surface area contributed by atoms with Gasteiger partial charge < -0.3 is 19.3 Å². The second kappa shape index (κ2) is 16.7. The first kappa shape index (κ1) is 32.9. The van der Waals surface area contributed by atoms with Crippen molar-refractivity contribution in [2.75, 3.05) is 19.8 Å². The van der Waals surface area contributed by atoms with Gasteiger partial charge in [0.2, 0.25) is 0 Å². The summed E-state index contributed by atoms with van der Waals surface area (Å²) in [6, 6.07) is 22.8. The Labute approximate surface area is 261 Å². The van der Waals surface area contributed by atoms with Crippen LogP contribution in [0, 0.1) is 0 Å². The van der Waals surface area contributed by atoms with Crippen molar-refractivity contribution in [2.24, 2.45) is 0 Å². The molecular weight excluding hydrogens is 552 g/mol. The molecule has 0 aliphatic heterocycles. The molecule has 3 aromatic rings. The first-order valence-electron chi connectivity index (χ1n) is 15.7. The summed E-state index contributed by atoms with van der Waals surface area (Å²) in [5.74, 6) is -0.0855. The molecule has 44 heavy (non-hydrogen) atoms. The van der Waals surface area contributed by atoms with Crippen LogP contribution in [-0.2, 0) is 25.5 Å². The van der Waals surface area contributed by atoms with E-state index < -0.39 is 18.5 Å². The van der Waals surface area contributed by atoms with Gasteiger partial charge in [0, 0.05) is 12.7 Å². The maximum absolute atomic E-state index is 11.8. The van der Waals surface area contributed by atoms with Crippen molar-refractivity contribution in [3.05, 3.63) is 103 Å². The monoisotopic (exact) mass is 596 g/mol. The molecule has 1 fully saturated rings. The van der Waals surface area contributed by atoms with Crippen molar-refractivity contribution in [3.63, 3.8) is 0 Å². The highest BCUT2D eigenvalue weighted by atomic mass is 16.5. The Kier molecular flexibility index (Phi) is 12.5. The number of esters is 2. The zero-order valence-corrected chi connectivity index (χ0v) is 25.8. The Hall–Kier alpha value is -4.00. The highest BCUT2D eigenvalue weighted by Crippen LogP contribution is 2.40. The van der Waals surface area contributed by atoms with Crippen LogP contribution >= 0.6 is 0 Å². The second-order valence-corrected chi connectivity index (χ2v) is 11.3. The van der Waals surface area contributed by atoms with E-state index in [4.69, 9.17) is 19.3 Å². The predicted molar refractivity (Wildman–Crippen MR) is 175 cm³/mol. The summed E-state index contributed by atoms with van der Waals surface area (Å²) in [5, 5.41) is 9.08. The average molecular weight is 597 g/mol. The quantitative estimate of drug-likeness (QED) is 0.0829. The van der Waals surface area contributed by atoms with Gasteiger partial charge >= 0.3 is 11.9 Å². The highest BCUT2D eigenvalue weighted by Gasteiger charge is 2.25. The van der Waals surface area contributed by atoms with E-state index in [2.05, 4.69) is 62.5 Å². The van der Waals surface area contributed by atoms with Crippen LogP contribution in [0.4, 0.5) is 0 Å². The van der Waals surface area contributed by atoms with Crippen LogP contribution in [0.15, 0.2) is 91.5 Å². The van der Waals surface area contributed by atoms with E-state index in [-0.39, 0.29) is 12.2 Å². The minimum Gasteiger partial charge on any atom is -0.462 e. The molecular formula is C38H44O6. The number of aliphatic hydroxyl groups is 1. The molecule has 1 aliphatic carbocycles. The van der Waals surface area contributed by atoms with Crippen molar-refractivity contribution < 1.29 is 28.9 Å². The minimum absolute atomic E-state index is 0.0722. The van der Waals surface area contributed by atoms with Crippen LogP contribution in [0.2, 0.25) is 0 Å². The van der Waals surface area contributed by atoms with E-state index in [1.165, 1.54) is 22.3 Å². The van der Waals surface area contributed by atoms with Gasteiger partial charge in [-0.15, -0.1) is 0 Å². The molecule has 0 heterocycles. The average Bonchev–Trinajstić information content (AvgIpc) is 3.07. The number of carbonyl (C=O) groups is 2. The van der Waals surface area contributed by atoms with Crippen LogP contribution in [0.1, 0.15) is 68.9 Å². The number of rotatable bonds is 15. The maximum atomic E-state index is 11.8. The Balaban J connectivity index is 1.50. The summed E-state index contributed by atoms with van der Waals surface area (Å²) in [5.41, 5.74) is 7.18. The van der Waals surface area contributed by atoms with Gasteiger partial charge in [-0.05, 0) is 96.4 Å². The topological polar surface area (TPSA) is 82.1 Å². The minimum atomic E-state index is -0.544. The van der Waals surface area contributed by atoms with Crippen LogP contribution in [0.3, 0.4) is 0 Å². The molecule has 3 aromatic carbocycles. The first-order valence-corrected chi connectivity index (χ1v) is 15.7. The van der Waals surface area contributed by atoms with Crippen LogP contribution in [0.5, 0.6) is 5.75 Å². The molecule has 0 unspecified atom stereocenters. The lowest BCUT2D eigenvalue weighted by atomic mass is 9.79. The SMILES string of the molecule is C=CC(=O)Oc1ccc(-c2ccc(-c3ccc(CCCOC(=O)C(=C)CO)cc3C3CCC(OCCCC)CC3)cc2)cc1. The lowest BCUT2D eigenvalue weighted by Gasteiger charge is -2.30. The van der Waals surface area contributed by atoms with E-state index in [0.717, 1.165) is 68.8 Å². The van der Waals surface area contributed by atoms with Crippen molar-refractivity contribution in [3.8, 4) is 28.0 Å². The third-order valence-electron chi connectivity index (χ3n) is 8.17. The lowest BCUT2D eigenvalue weighted by molar-refractivity contribution is -0.139. The molecule has 4 rings (SSSR count). The molecule has 0 saturated heterocycles. The van der Waals surface area contributed by atoms with Crippen molar-refractivity contribution in [1.29, 1.82) is 0 Å². The number of ether oxygens (including phenoxy) is 3. The van der Waals surface area contributed by atoms with E-state index in [1.54, 1.807) is 12.1 Å². The Morgan fingerprint density at radius 1 is 0.886 bits per heavy atom. The van der Waals surface area contributed by atoms with Crippen LogP contribution < -0.4 is 4.74 Å². The van der Waals surface area contributed by atoms with Crippen molar-refractivity contribution in [2.45, 2.75) is 70.3 Å². The Morgan fingerprint density at radius 2 is 1.55 bits per heavy atom. The zero-order chi connectivity index (χ0) is 31.3. The molecule has 1 N–H and O–H groups in total. The van der Waals surface area contributed by atoms with Gasteiger partial charge in [0.05, 0.1) is 24.9 Å². The second-order valence-electron chi connectivity index (χ2n) is 11.3. The largest absolute Gasteiger partial charge is 0.462 e. The smallest absolute Gasteiger partial charge is 0.335 e. The number of aliphatic hydroxyl groups excluding tert-OH is 1. The summed E-state index contributed by atoms with van der Waals surface area (Å²) >= 11 is 0. The van der Waals surface area contributed by atoms with Gasteiger partial charge in [-0.3, -0.25) is 0 Å². The molecule has 0 bridgehead atoms. The van der Waals surface area contributed by atoms with E-state index in [9.17, 15) is 9.59 Å². The molecule has 0 amide bonds. The third kappa shape index (κ3) is 9.25. The summed E-state index contributed by atoms with van der Waals surface area (Å²) < 4.78 is 16.6. The number of unbranched alkanes of at least 4 members (excludes halogenated alkanes) is 1. The van der Waals surface area contributed by atoms with Gasteiger partial charge in [0.1, 0.15) is 5.75 Å². The maximum Gasteiger partial charge on any atom is 0.335 e. The molecule has 232 valence electrons. The summed E-state index contributed by atoms with van der Waals surface area (Å²) in [6.45, 7) is 9.89. The normalized spacial score (nSPS) is 16.2. The van der Waals surface area contributed by atoms with E-state index in [1.807, 2.05) is 12.1 Å². The summed E-state index contributed by atoms with van der Waals surface area (Å²) in [7, 11) is 0. The molecule has 0 spiro atoms. The first-order chi connectivity index (χ1) is 21.4. The number of carbonyl (C=O) groups excluding carboxylic acids is 2. The van der Waals surface area contributed by atoms with Crippen LogP contribution in [0.25, 0.3) is 22.3 Å². The molecule has 1 aliphatic rings. The van der Waals surface area contributed by atoms with Crippen molar-refractivity contribution >= 4 is 11.9 Å². The third-order valence-corrected chi connectivity index (χ3v) is 8.17. The zero-order valence-electron chi connectivity index (χ0n) is 25.8. The molecule has 6 heteroatoms. The van der Waals surface area contributed by atoms with Gasteiger partial charge in [-0.1, -0.05) is 81.1 Å². The number of hydrogen-bond acceptors (Lipinski definition) is 6. The van der Waals surface area contributed by atoms with Gasteiger partial charge in [0.15, 0.2) is 0 Å². The molecule has 6 nitrogen and oxygen atoms in total. The Morgan fingerprint density at radius 3 is 2.18 bits per heavy atom. The fraction of sp³-hybridized carbons (Fsp3) is 0.368. The van der Waals surface area contributed by atoms with Gasteiger partial charge in [0.25, 0.3) is 0 Å². The molecule has 1 saturated carbocycles.